The lowest BCUT2D eigenvalue weighted by molar-refractivity contribution is -0.148. The third-order valence-corrected chi connectivity index (χ3v) is 6.31. The number of thiophene rings is 1. The largest absolute Gasteiger partial charge is 0.451 e. The van der Waals surface area contributed by atoms with Gasteiger partial charge in [-0.2, -0.15) is 5.26 Å². The maximum atomic E-state index is 12.4. The summed E-state index contributed by atoms with van der Waals surface area (Å²) in [6.07, 6.45) is 1.50. The summed E-state index contributed by atoms with van der Waals surface area (Å²) in [5.41, 5.74) is 3.40. The van der Waals surface area contributed by atoms with Gasteiger partial charge in [-0.3, -0.25) is 4.79 Å². The van der Waals surface area contributed by atoms with E-state index in [0.717, 1.165) is 32.0 Å². The van der Waals surface area contributed by atoms with E-state index < -0.39 is 12.6 Å². The number of halogens is 1. The summed E-state index contributed by atoms with van der Waals surface area (Å²) in [5, 5.41) is 11.4. The van der Waals surface area contributed by atoms with Crippen molar-refractivity contribution in [2.24, 2.45) is 0 Å². The van der Waals surface area contributed by atoms with Gasteiger partial charge in [0.25, 0.3) is 5.91 Å². The molecule has 0 saturated heterocycles. The summed E-state index contributed by atoms with van der Waals surface area (Å²) >= 11 is 4.98. The standard InChI is InChI=1S/C24H22BrN3O3S/c1-16-11-18(17(2)28(16)21-8-6-20(25)7-9-21)12-19(13-26)24(30)31-15-23(29)27(3)14-22-5-4-10-32-22/h4-12H,14-15H2,1-3H3/b19-12+. The van der Waals surface area contributed by atoms with Gasteiger partial charge in [-0.05, 0) is 67.3 Å². The number of rotatable bonds is 7. The minimum atomic E-state index is -0.821. The van der Waals surface area contributed by atoms with Crippen LogP contribution < -0.4 is 0 Å². The van der Waals surface area contributed by atoms with E-state index in [1.807, 2.05) is 72.3 Å². The van der Waals surface area contributed by atoms with Crippen molar-refractivity contribution in [1.82, 2.24) is 9.47 Å². The number of hydrogen-bond donors (Lipinski definition) is 0. The zero-order valence-electron chi connectivity index (χ0n) is 18.0. The van der Waals surface area contributed by atoms with E-state index in [1.54, 1.807) is 18.4 Å². The Balaban J connectivity index is 1.71. The van der Waals surface area contributed by atoms with E-state index in [9.17, 15) is 14.9 Å². The highest BCUT2D eigenvalue weighted by molar-refractivity contribution is 9.10. The van der Waals surface area contributed by atoms with E-state index in [0.29, 0.717) is 6.54 Å². The lowest BCUT2D eigenvalue weighted by atomic mass is 10.1. The molecule has 6 nitrogen and oxygen atoms in total. The highest BCUT2D eigenvalue weighted by Crippen LogP contribution is 2.24. The first-order valence-corrected chi connectivity index (χ1v) is 11.5. The Morgan fingerprint density at radius 3 is 2.59 bits per heavy atom. The molecule has 1 aromatic carbocycles. The van der Waals surface area contributed by atoms with Gasteiger partial charge in [-0.1, -0.05) is 22.0 Å². The second-order valence-electron chi connectivity index (χ2n) is 7.21. The molecule has 0 bridgehead atoms. The molecule has 8 heteroatoms. The molecule has 3 rings (SSSR count). The van der Waals surface area contributed by atoms with Gasteiger partial charge in [0.1, 0.15) is 11.6 Å². The molecule has 3 aromatic rings. The number of esters is 1. The van der Waals surface area contributed by atoms with Crippen molar-refractivity contribution in [1.29, 1.82) is 5.26 Å². The van der Waals surface area contributed by atoms with E-state index in [4.69, 9.17) is 4.74 Å². The van der Waals surface area contributed by atoms with Crippen LogP contribution in [0.5, 0.6) is 0 Å². The zero-order valence-corrected chi connectivity index (χ0v) is 20.4. The van der Waals surface area contributed by atoms with Crippen molar-refractivity contribution in [2.75, 3.05) is 13.7 Å². The maximum absolute atomic E-state index is 12.4. The average Bonchev–Trinajstić information content (AvgIpc) is 3.38. The number of amides is 1. The Morgan fingerprint density at radius 1 is 1.25 bits per heavy atom. The predicted octanol–water partition coefficient (Wildman–Crippen LogP) is 5.03. The lowest BCUT2D eigenvalue weighted by Crippen LogP contribution is -2.30. The molecule has 1 amide bonds. The number of nitrogens with zero attached hydrogens (tertiary/aromatic N) is 3. The van der Waals surface area contributed by atoms with Crippen LogP contribution in [0.2, 0.25) is 0 Å². The molecule has 0 unspecified atom stereocenters. The van der Waals surface area contributed by atoms with Gasteiger partial charge in [0.2, 0.25) is 0 Å². The van der Waals surface area contributed by atoms with Crippen molar-refractivity contribution in [3.8, 4) is 11.8 Å². The van der Waals surface area contributed by atoms with Gasteiger partial charge < -0.3 is 14.2 Å². The topological polar surface area (TPSA) is 75.3 Å². The molecule has 2 aromatic heterocycles. The van der Waals surface area contributed by atoms with Crippen LogP contribution in [0.4, 0.5) is 0 Å². The van der Waals surface area contributed by atoms with Gasteiger partial charge in [0.05, 0.1) is 6.54 Å². The summed E-state index contributed by atoms with van der Waals surface area (Å²) in [6, 6.07) is 15.5. The quantitative estimate of drug-likeness (QED) is 0.253. The second-order valence-corrected chi connectivity index (χ2v) is 9.16. The maximum Gasteiger partial charge on any atom is 0.349 e. The fourth-order valence-electron chi connectivity index (χ4n) is 3.25. The number of aromatic nitrogens is 1. The Hall–Kier alpha value is -3.15. The van der Waals surface area contributed by atoms with E-state index in [2.05, 4.69) is 15.9 Å². The number of benzene rings is 1. The molecule has 0 spiro atoms. The molecule has 0 saturated carbocycles. The summed E-state index contributed by atoms with van der Waals surface area (Å²) in [6.45, 7) is 3.90. The number of likely N-dealkylation sites (N-methyl/N-ethyl adjacent to an activating group) is 1. The minimum Gasteiger partial charge on any atom is -0.451 e. The Morgan fingerprint density at radius 2 is 1.97 bits per heavy atom. The highest BCUT2D eigenvalue weighted by atomic mass is 79.9. The fraction of sp³-hybridized carbons (Fsp3) is 0.208. The Bertz CT molecular complexity index is 1190. The molecule has 0 aliphatic rings. The first kappa shape index (κ1) is 23.5. The van der Waals surface area contributed by atoms with Crippen LogP contribution in [0.25, 0.3) is 11.8 Å². The Kier molecular flexibility index (Phi) is 7.67. The molecule has 0 aliphatic carbocycles. The van der Waals surface area contributed by atoms with Crippen LogP contribution in [0, 0.1) is 25.2 Å². The third kappa shape index (κ3) is 5.55. The molecule has 32 heavy (non-hydrogen) atoms. The second kappa shape index (κ2) is 10.4. The minimum absolute atomic E-state index is 0.158. The average molecular weight is 512 g/mol. The molecular formula is C24H22BrN3O3S. The molecule has 0 N–H and O–H groups in total. The van der Waals surface area contributed by atoms with Crippen LogP contribution in [-0.2, 0) is 20.9 Å². The number of ether oxygens (including phenoxy) is 1. The summed E-state index contributed by atoms with van der Waals surface area (Å²) in [7, 11) is 1.65. The molecule has 0 aliphatic heterocycles. The van der Waals surface area contributed by atoms with Gasteiger partial charge in [0, 0.05) is 33.5 Å². The first-order valence-electron chi connectivity index (χ1n) is 9.80. The van der Waals surface area contributed by atoms with E-state index in [1.165, 1.54) is 11.0 Å². The number of aryl methyl sites for hydroxylation is 1. The van der Waals surface area contributed by atoms with Crippen LogP contribution in [0.3, 0.4) is 0 Å². The molecular weight excluding hydrogens is 490 g/mol. The molecule has 2 heterocycles. The lowest BCUT2D eigenvalue weighted by Gasteiger charge is -2.16. The SMILES string of the molecule is Cc1cc(/C=C(\C#N)C(=O)OCC(=O)N(C)Cc2cccs2)c(C)n1-c1ccc(Br)cc1. The van der Waals surface area contributed by atoms with E-state index >= 15 is 0 Å². The normalized spacial score (nSPS) is 11.2. The first-order chi connectivity index (χ1) is 15.3. The number of carbonyl (C=O) groups excluding carboxylic acids is 2. The number of hydrogen-bond acceptors (Lipinski definition) is 5. The van der Waals surface area contributed by atoms with Gasteiger partial charge in [-0.25, -0.2) is 4.79 Å². The van der Waals surface area contributed by atoms with E-state index in [-0.39, 0.29) is 11.5 Å². The monoisotopic (exact) mass is 511 g/mol. The molecule has 0 fully saturated rings. The van der Waals surface area contributed by atoms with Gasteiger partial charge in [-0.15, -0.1) is 11.3 Å². The third-order valence-electron chi connectivity index (χ3n) is 4.92. The van der Waals surface area contributed by atoms with Crippen LogP contribution in [-0.4, -0.2) is 35.0 Å². The number of carbonyl (C=O) groups is 2. The van der Waals surface area contributed by atoms with Gasteiger partial charge in [0.15, 0.2) is 6.61 Å². The van der Waals surface area contributed by atoms with Crippen LogP contribution in [0.1, 0.15) is 21.8 Å². The van der Waals surface area contributed by atoms with Crippen molar-refractivity contribution < 1.29 is 14.3 Å². The van der Waals surface area contributed by atoms with Crippen molar-refractivity contribution >= 4 is 45.2 Å². The number of nitriles is 1. The summed E-state index contributed by atoms with van der Waals surface area (Å²) in [5.74, 6) is -1.16. The Labute approximate surface area is 199 Å². The molecule has 0 atom stereocenters. The van der Waals surface area contributed by atoms with Crippen molar-refractivity contribution in [3.63, 3.8) is 0 Å². The summed E-state index contributed by atoms with van der Waals surface area (Å²) < 4.78 is 8.14. The van der Waals surface area contributed by atoms with Crippen LogP contribution in [0.15, 0.2) is 57.9 Å². The van der Waals surface area contributed by atoms with Crippen molar-refractivity contribution in [2.45, 2.75) is 20.4 Å². The van der Waals surface area contributed by atoms with Crippen molar-refractivity contribution in [3.05, 3.63) is 79.7 Å². The summed E-state index contributed by atoms with van der Waals surface area (Å²) in [4.78, 5) is 27.2. The highest BCUT2D eigenvalue weighted by Gasteiger charge is 2.18. The predicted molar refractivity (Wildman–Crippen MR) is 128 cm³/mol. The molecule has 0 radical (unpaired) electrons. The fourth-order valence-corrected chi connectivity index (χ4v) is 4.27. The molecule has 164 valence electrons. The smallest absolute Gasteiger partial charge is 0.349 e. The van der Waals surface area contributed by atoms with Gasteiger partial charge >= 0.3 is 5.97 Å². The zero-order chi connectivity index (χ0) is 23.3. The van der Waals surface area contributed by atoms with Crippen LogP contribution >= 0.6 is 27.3 Å².